The van der Waals surface area contributed by atoms with Gasteiger partial charge in [0.2, 0.25) is 0 Å². The van der Waals surface area contributed by atoms with Gasteiger partial charge in [-0.25, -0.2) is 0 Å². The van der Waals surface area contributed by atoms with Gasteiger partial charge in [-0.3, -0.25) is 9.48 Å². The summed E-state index contributed by atoms with van der Waals surface area (Å²) in [5.74, 6) is -0.0638. The molecule has 2 rings (SSSR count). The number of rotatable bonds is 3. The van der Waals surface area contributed by atoms with Crippen LogP contribution in [0.15, 0.2) is 30.5 Å². The predicted molar refractivity (Wildman–Crippen MR) is 75.0 cm³/mol. The Morgan fingerprint density at radius 3 is 2.47 bits per heavy atom. The Hall–Kier alpha value is -2.14. The summed E-state index contributed by atoms with van der Waals surface area (Å²) in [6, 6.07) is 7.64. The van der Waals surface area contributed by atoms with Gasteiger partial charge in [-0.2, -0.15) is 5.10 Å². The highest BCUT2D eigenvalue weighted by atomic mass is 16.2. The molecule has 2 N–H and O–H groups in total. The van der Waals surface area contributed by atoms with E-state index in [-0.39, 0.29) is 5.91 Å². The maximum atomic E-state index is 12.4. The summed E-state index contributed by atoms with van der Waals surface area (Å²) < 4.78 is 1.69. The van der Waals surface area contributed by atoms with Crippen LogP contribution in [0.25, 0.3) is 0 Å². The summed E-state index contributed by atoms with van der Waals surface area (Å²) in [7, 11) is 3.58. The molecule has 0 saturated carbocycles. The fourth-order valence-electron chi connectivity index (χ4n) is 1.86. The van der Waals surface area contributed by atoms with Crippen LogP contribution < -0.4 is 10.6 Å². The Morgan fingerprint density at radius 1 is 1.37 bits per heavy atom. The number of nitrogens with zero attached hydrogens (tertiary/aromatic N) is 3. The number of aryl methyl sites for hydroxylation is 1. The normalized spacial score (nSPS) is 10.5. The van der Waals surface area contributed by atoms with Crippen LogP contribution in [0.5, 0.6) is 0 Å². The van der Waals surface area contributed by atoms with E-state index in [0.717, 1.165) is 16.9 Å². The summed E-state index contributed by atoms with van der Waals surface area (Å²) in [4.78, 5) is 14.0. The minimum atomic E-state index is -0.0638. The standard InChI is InChI=1S/C14H18N4O/c1-10-13(9-16-18(10)3)14(19)17(2)12-6-4-11(8-15)5-7-12/h4-7,9H,8,15H2,1-3H3. The van der Waals surface area contributed by atoms with E-state index in [4.69, 9.17) is 5.73 Å². The fourth-order valence-corrected chi connectivity index (χ4v) is 1.86. The van der Waals surface area contributed by atoms with Crippen LogP contribution in [-0.4, -0.2) is 22.7 Å². The molecule has 5 heteroatoms. The smallest absolute Gasteiger partial charge is 0.261 e. The molecule has 1 heterocycles. The van der Waals surface area contributed by atoms with Gasteiger partial charge in [0.25, 0.3) is 5.91 Å². The highest BCUT2D eigenvalue weighted by Gasteiger charge is 2.18. The van der Waals surface area contributed by atoms with Crippen LogP contribution in [0.3, 0.4) is 0 Å². The highest BCUT2D eigenvalue weighted by molar-refractivity contribution is 6.06. The molecule has 0 spiro atoms. The second-order valence-electron chi connectivity index (χ2n) is 4.50. The Morgan fingerprint density at radius 2 is 2.00 bits per heavy atom. The summed E-state index contributed by atoms with van der Waals surface area (Å²) in [5, 5.41) is 4.09. The van der Waals surface area contributed by atoms with Crippen LogP contribution in [0.2, 0.25) is 0 Å². The lowest BCUT2D eigenvalue weighted by Crippen LogP contribution is -2.26. The van der Waals surface area contributed by atoms with E-state index in [1.165, 1.54) is 0 Å². The zero-order chi connectivity index (χ0) is 14.0. The first kappa shape index (κ1) is 13.3. The van der Waals surface area contributed by atoms with Crippen molar-refractivity contribution in [2.24, 2.45) is 12.8 Å². The van der Waals surface area contributed by atoms with Crippen molar-refractivity contribution in [3.05, 3.63) is 47.3 Å². The molecule has 0 aliphatic carbocycles. The van der Waals surface area contributed by atoms with E-state index in [1.54, 1.807) is 22.8 Å². The summed E-state index contributed by atoms with van der Waals surface area (Å²) >= 11 is 0. The molecule has 5 nitrogen and oxygen atoms in total. The van der Waals surface area contributed by atoms with E-state index in [1.807, 2.05) is 38.2 Å². The molecule has 0 fully saturated rings. The maximum Gasteiger partial charge on any atom is 0.261 e. The van der Waals surface area contributed by atoms with Gasteiger partial charge >= 0.3 is 0 Å². The molecule has 1 aromatic carbocycles. The maximum absolute atomic E-state index is 12.4. The monoisotopic (exact) mass is 258 g/mol. The lowest BCUT2D eigenvalue weighted by atomic mass is 10.1. The largest absolute Gasteiger partial charge is 0.326 e. The number of aromatic nitrogens is 2. The molecule has 0 unspecified atom stereocenters. The van der Waals surface area contributed by atoms with E-state index in [2.05, 4.69) is 5.10 Å². The van der Waals surface area contributed by atoms with Crippen LogP contribution in [0.1, 0.15) is 21.6 Å². The Kier molecular flexibility index (Phi) is 3.66. The van der Waals surface area contributed by atoms with Gasteiger partial charge in [0.15, 0.2) is 0 Å². The summed E-state index contributed by atoms with van der Waals surface area (Å²) in [6.45, 7) is 2.38. The van der Waals surface area contributed by atoms with Crippen molar-refractivity contribution in [2.45, 2.75) is 13.5 Å². The molecule has 0 atom stereocenters. The third-order valence-electron chi connectivity index (χ3n) is 3.33. The van der Waals surface area contributed by atoms with Gasteiger partial charge in [-0.1, -0.05) is 12.1 Å². The number of carbonyl (C=O) groups excluding carboxylic acids is 1. The number of anilines is 1. The summed E-state index contributed by atoms with van der Waals surface area (Å²) in [5.41, 5.74) is 8.92. The van der Waals surface area contributed by atoms with Crippen molar-refractivity contribution in [1.82, 2.24) is 9.78 Å². The summed E-state index contributed by atoms with van der Waals surface area (Å²) in [6.07, 6.45) is 1.60. The molecule has 1 aromatic heterocycles. The number of hydrogen-bond donors (Lipinski definition) is 1. The van der Waals surface area contributed by atoms with Gasteiger partial charge in [-0.15, -0.1) is 0 Å². The Bertz CT molecular complexity index is 586. The molecular weight excluding hydrogens is 240 g/mol. The van der Waals surface area contributed by atoms with Gasteiger partial charge in [0.1, 0.15) is 0 Å². The molecule has 0 saturated heterocycles. The fraction of sp³-hybridized carbons (Fsp3) is 0.286. The number of carbonyl (C=O) groups is 1. The van der Waals surface area contributed by atoms with E-state index in [9.17, 15) is 4.79 Å². The quantitative estimate of drug-likeness (QED) is 0.906. The van der Waals surface area contributed by atoms with Crippen molar-refractivity contribution in [1.29, 1.82) is 0 Å². The first-order valence-electron chi connectivity index (χ1n) is 6.10. The minimum Gasteiger partial charge on any atom is -0.326 e. The van der Waals surface area contributed by atoms with Crippen LogP contribution in [0, 0.1) is 6.92 Å². The molecular formula is C14H18N4O. The average Bonchev–Trinajstić information content (AvgIpc) is 2.77. The first-order chi connectivity index (χ1) is 9.04. The zero-order valence-corrected chi connectivity index (χ0v) is 11.4. The first-order valence-corrected chi connectivity index (χ1v) is 6.10. The van der Waals surface area contributed by atoms with Crippen molar-refractivity contribution < 1.29 is 4.79 Å². The molecule has 0 aliphatic rings. The zero-order valence-electron chi connectivity index (χ0n) is 11.4. The van der Waals surface area contributed by atoms with Crippen molar-refractivity contribution in [2.75, 3.05) is 11.9 Å². The van der Waals surface area contributed by atoms with Gasteiger partial charge in [0.05, 0.1) is 11.8 Å². The van der Waals surface area contributed by atoms with Crippen LogP contribution >= 0.6 is 0 Å². The van der Waals surface area contributed by atoms with Crippen molar-refractivity contribution in [3.63, 3.8) is 0 Å². The van der Waals surface area contributed by atoms with E-state index < -0.39 is 0 Å². The van der Waals surface area contributed by atoms with Crippen molar-refractivity contribution >= 4 is 11.6 Å². The predicted octanol–water partition coefficient (Wildman–Crippen LogP) is 1.46. The minimum absolute atomic E-state index is 0.0638. The number of nitrogens with two attached hydrogens (primary N) is 1. The Balaban J connectivity index is 2.25. The molecule has 19 heavy (non-hydrogen) atoms. The molecule has 1 amide bonds. The topological polar surface area (TPSA) is 64.2 Å². The van der Waals surface area contributed by atoms with E-state index >= 15 is 0 Å². The number of benzene rings is 1. The van der Waals surface area contributed by atoms with Crippen LogP contribution in [0.4, 0.5) is 5.69 Å². The second-order valence-corrected chi connectivity index (χ2v) is 4.50. The van der Waals surface area contributed by atoms with E-state index in [0.29, 0.717) is 12.1 Å². The number of hydrogen-bond acceptors (Lipinski definition) is 3. The SMILES string of the molecule is Cc1c(C(=O)N(C)c2ccc(CN)cc2)cnn1C. The average molecular weight is 258 g/mol. The lowest BCUT2D eigenvalue weighted by molar-refractivity contribution is 0.0992. The molecule has 0 radical (unpaired) electrons. The lowest BCUT2D eigenvalue weighted by Gasteiger charge is -2.17. The highest BCUT2D eigenvalue weighted by Crippen LogP contribution is 2.17. The molecule has 2 aromatic rings. The van der Waals surface area contributed by atoms with Crippen molar-refractivity contribution in [3.8, 4) is 0 Å². The van der Waals surface area contributed by atoms with Gasteiger partial charge in [-0.05, 0) is 24.6 Å². The molecule has 0 bridgehead atoms. The number of amides is 1. The van der Waals surface area contributed by atoms with Gasteiger partial charge < -0.3 is 10.6 Å². The van der Waals surface area contributed by atoms with Crippen LogP contribution in [-0.2, 0) is 13.6 Å². The molecule has 0 aliphatic heterocycles. The van der Waals surface area contributed by atoms with Gasteiger partial charge in [0, 0.05) is 32.0 Å². The third kappa shape index (κ3) is 2.51. The Labute approximate surface area is 112 Å². The second kappa shape index (κ2) is 5.24. The third-order valence-corrected chi connectivity index (χ3v) is 3.33. The molecule has 100 valence electrons.